The van der Waals surface area contributed by atoms with Crippen LogP contribution in [0.5, 0.6) is 0 Å². The molecule has 0 aliphatic carbocycles. The Bertz CT molecular complexity index is 1050. The van der Waals surface area contributed by atoms with Crippen molar-refractivity contribution in [2.75, 3.05) is 0 Å². The van der Waals surface area contributed by atoms with Crippen LogP contribution in [0.2, 0.25) is 0 Å². The first-order chi connectivity index (χ1) is 12.5. The highest BCUT2D eigenvalue weighted by Gasteiger charge is 2.12. The van der Waals surface area contributed by atoms with Crippen LogP contribution in [-0.4, -0.2) is 20.7 Å². The molecule has 0 aliphatic rings. The lowest BCUT2D eigenvalue weighted by Gasteiger charge is -2.07. The van der Waals surface area contributed by atoms with Crippen LogP contribution in [0.1, 0.15) is 36.8 Å². The largest absolute Gasteiger partial charge is 0.344 e. The van der Waals surface area contributed by atoms with Crippen LogP contribution in [0, 0.1) is 0 Å². The lowest BCUT2D eigenvalue weighted by Crippen LogP contribution is -1.95. The maximum absolute atomic E-state index is 11.9. The Balaban J connectivity index is 2.08. The number of rotatable bonds is 5. The molecule has 1 N–H and O–H groups in total. The Morgan fingerprint density at radius 3 is 2.69 bits per heavy atom. The van der Waals surface area contributed by atoms with Gasteiger partial charge in [-0.25, -0.2) is 4.98 Å². The third-order valence-corrected chi connectivity index (χ3v) is 4.15. The van der Waals surface area contributed by atoms with Crippen molar-refractivity contribution >= 4 is 22.3 Å². The van der Waals surface area contributed by atoms with Crippen molar-refractivity contribution < 1.29 is 4.79 Å². The third-order valence-electron chi connectivity index (χ3n) is 4.15. The number of hydrogen-bond acceptors (Lipinski definition) is 3. The van der Waals surface area contributed by atoms with Crippen LogP contribution in [-0.2, 0) is 0 Å². The summed E-state index contributed by atoms with van der Waals surface area (Å²) in [6.45, 7) is 9.41. The molecule has 2 aromatic heterocycles. The predicted octanol–water partition coefficient (Wildman–Crippen LogP) is 5.36. The monoisotopic (exact) mass is 343 g/mol. The summed E-state index contributed by atoms with van der Waals surface area (Å²) in [5, 5.41) is 0.849. The quantitative estimate of drug-likeness (QED) is 0.501. The molecule has 0 aliphatic heterocycles. The van der Waals surface area contributed by atoms with Gasteiger partial charge in [0.15, 0.2) is 5.78 Å². The predicted molar refractivity (Wildman–Crippen MR) is 107 cm³/mol. The summed E-state index contributed by atoms with van der Waals surface area (Å²) in [7, 11) is 0. The first-order valence-electron chi connectivity index (χ1n) is 8.41. The van der Waals surface area contributed by atoms with Gasteiger partial charge in [0, 0.05) is 22.7 Å². The van der Waals surface area contributed by atoms with Gasteiger partial charge in [0.1, 0.15) is 0 Å². The Morgan fingerprint density at radius 2 is 1.96 bits per heavy atom. The van der Waals surface area contributed by atoms with Gasteiger partial charge in [-0.3, -0.25) is 9.78 Å². The lowest BCUT2D eigenvalue weighted by atomic mass is 10.00. The Labute approximate surface area is 153 Å². The number of benzene rings is 1. The van der Waals surface area contributed by atoms with Crippen LogP contribution in [0.4, 0.5) is 0 Å². The Morgan fingerprint density at radius 1 is 1.15 bits per heavy atom. The van der Waals surface area contributed by atoms with E-state index in [9.17, 15) is 4.79 Å². The minimum absolute atomic E-state index is 0.0281. The second-order valence-electron chi connectivity index (χ2n) is 6.33. The molecule has 4 nitrogen and oxygen atoms in total. The van der Waals surface area contributed by atoms with E-state index in [0.29, 0.717) is 5.56 Å². The van der Waals surface area contributed by atoms with Gasteiger partial charge in [-0.2, -0.15) is 0 Å². The number of nitrogens with zero attached hydrogens (tertiary/aromatic N) is 2. The van der Waals surface area contributed by atoms with E-state index in [4.69, 9.17) is 0 Å². The summed E-state index contributed by atoms with van der Waals surface area (Å²) in [6.07, 6.45) is 9.29. The number of carbonyl (C=O) groups excluding carboxylic acids is 1. The van der Waals surface area contributed by atoms with Gasteiger partial charge < -0.3 is 4.98 Å². The molecule has 26 heavy (non-hydrogen) atoms. The number of Topliss-reactive ketones (excluding diaryl/α,β-unsaturated/α-hetero) is 1. The minimum Gasteiger partial charge on any atom is -0.344 e. The number of carbonyl (C=O) groups is 1. The highest BCUT2D eigenvalue weighted by molar-refractivity contribution is 6.06. The zero-order chi connectivity index (χ0) is 18.7. The first kappa shape index (κ1) is 17.5. The molecule has 0 fully saturated rings. The van der Waals surface area contributed by atoms with Crippen molar-refractivity contribution in [3.05, 3.63) is 78.4 Å². The fourth-order valence-electron chi connectivity index (χ4n) is 2.86. The number of fused-ring (bicyclic) bond motifs is 1. The zero-order valence-electron chi connectivity index (χ0n) is 15.2. The SMILES string of the molecule is C=C(C)/C=C\C=C(/C)c1nc[nH]c1-c1ccc2nccc(C(C)=O)c2c1. The topological polar surface area (TPSA) is 58.6 Å². The van der Waals surface area contributed by atoms with Crippen LogP contribution >= 0.6 is 0 Å². The number of aromatic amines is 1. The van der Waals surface area contributed by atoms with Crippen molar-refractivity contribution in [3.63, 3.8) is 0 Å². The number of H-pyrrole nitrogens is 1. The second kappa shape index (κ2) is 7.31. The smallest absolute Gasteiger partial charge is 0.160 e. The zero-order valence-corrected chi connectivity index (χ0v) is 15.2. The van der Waals surface area contributed by atoms with Gasteiger partial charge in [0.05, 0.1) is 23.2 Å². The number of aromatic nitrogens is 3. The number of hydrogen-bond donors (Lipinski definition) is 1. The lowest BCUT2D eigenvalue weighted by molar-refractivity contribution is 0.101. The van der Waals surface area contributed by atoms with Gasteiger partial charge in [0.25, 0.3) is 0 Å². The van der Waals surface area contributed by atoms with E-state index in [1.54, 1.807) is 25.5 Å². The second-order valence-corrected chi connectivity index (χ2v) is 6.33. The van der Waals surface area contributed by atoms with Crippen LogP contribution in [0.25, 0.3) is 27.7 Å². The number of pyridine rings is 1. The normalized spacial score (nSPS) is 12.0. The van der Waals surface area contributed by atoms with Crippen molar-refractivity contribution in [2.24, 2.45) is 0 Å². The Kier molecular flexibility index (Phi) is 4.94. The molecule has 0 spiro atoms. The molecule has 0 saturated carbocycles. The number of nitrogens with one attached hydrogen (secondary N) is 1. The average molecular weight is 343 g/mol. The van der Waals surface area contributed by atoms with Crippen molar-refractivity contribution in [2.45, 2.75) is 20.8 Å². The maximum Gasteiger partial charge on any atom is 0.160 e. The van der Waals surface area contributed by atoms with Gasteiger partial charge in [0.2, 0.25) is 0 Å². The molecule has 3 rings (SSSR count). The molecule has 0 bridgehead atoms. The van der Waals surface area contributed by atoms with E-state index in [-0.39, 0.29) is 5.78 Å². The summed E-state index contributed by atoms with van der Waals surface area (Å²) in [6, 6.07) is 7.68. The van der Waals surface area contributed by atoms with E-state index in [1.807, 2.05) is 50.3 Å². The summed E-state index contributed by atoms with van der Waals surface area (Å²) >= 11 is 0. The number of imidazole rings is 1. The summed E-state index contributed by atoms with van der Waals surface area (Å²) in [4.78, 5) is 24.0. The summed E-state index contributed by atoms with van der Waals surface area (Å²) in [5.74, 6) is 0.0281. The molecule has 4 heteroatoms. The molecule has 3 aromatic rings. The molecule has 130 valence electrons. The number of ketones is 1. The fourth-order valence-corrected chi connectivity index (χ4v) is 2.86. The van der Waals surface area contributed by atoms with Gasteiger partial charge in [-0.1, -0.05) is 36.4 Å². The molecule has 1 aromatic carbocycles. The molecule has 0 saturated heterocycles. The summed E-state index contributed by atoms with van der Waals surface area (Å²) in [5.41, 5.74) is 6.28. The Hall–Kier alpha value is -3.27. The fraction of sp³-hybridized carbons (Fsp3) is 0.136. The summed E-state index contributed by atoms with van der Waals surface area (Å²) < 4.78 is 0. The van der Waals surface area contributed by atoms with Crippen LogP contribution in [0.3, 0.4) is 0 Å². The van der Waals surface area contributed by atoms with Crippen molar-refractivity contribution in [1.82, 2.24) is 15.0 Å². The first-order valence-corrected chi connectivity index (χ1v) is 8.41. The van der Waals surface area contributed by atoms with E-state index in [0.717, 1.165) is 39.0 Å². The molecule has 0 radical (unpaired) electrons. The van der Waals surface area contributed by atoms with Gasteiger partial charge in [-0.05, 0) is 44.5 Å². The van der Waals surface area contributed by atoms with E-state index in [2.05, 4.69) is 21.5 Å². The highest BCUT2D eigenvalue weighted by Crippen LogP contribution is 2.29. The van der Waals surface area contributed by atoms with Gasteiger partial charge in [-0.15, -0.1) is 0 Å². The molecule has 0 unspecified atom stereocenters. The molecule has 0 amide bonds. The number of allylic oxidation sites excluding steroid dienone is 5. The minimum atomic E-state index is 0.0281. The van der Waals surface area contributed by atoms with Crippen molar-refractivity contribution in [1.29, 1.82) is 0 Å². The molecule has 0 atom stereocenters. The van der Waals surface area contributed by atoms with E-state index in [1.165, 1.54) is 0 Å². The van der Waals surface area contributed by atoms with Crippen molar-refractivity contribution in [3.8, 4) is 11.3 Å². The molecular weight excluding hydrogens is 322 g/mol. The standard InChI is InChI=1S/C22H21N3O/c1-14(2)6-5-7-15(3)21-22(25-13-24-21)17-8-9-20-19(12-17)18(16(4)26)10-11-23-20/h5-13H,1H2,2-4H3,(H,24,25)/b6-5-,15-7+. The maximum atomic E-state index is 11.9. The van der Waals surface area contributed by atoms with E-state index < -0.39 is 0 Å². The van der Waals surface area contributed by atoms with E-state index >= 15 is 0 Å². The molecule has 2 heterocycles. The highest BCUT2D eigenvalue weighted by atomic mass is 16.1. The van der Waals surface area contributed by atoms with Crippen LogP contribution in [0.15, 0.2) is 67.2 Å². The van der Waals surface area contributed by atoms with Crippen LogP contribution < -0.4 is 0 Å². The van der Waals surface area contributed by atoms with Gasteiger partial charge >= 0.3 is 0 Å². The molecular formula is C22H21N3O. The third kappa shape index (κ3) is 3.54. The average Bonchev–Trinajstić information content (AvgIpc) is 3.10.